The van der Waals surface area contributed by atoms with Crippen LogP contribution in [0, 0.1) is 0 Å². The maximum Gasteiger partial charge on any atom is 0.330 e. The van der Waals surface area contributed by atoms with E-state index in [1.807, 2.05) is 4.98 Å². The highest BCUT2D eigenvalue weighted by Crippen LogP contribution is 2.48. The van der Waals surface area contributed by atoms with Crippen molar-refractivity contribution in [3.05, 3.63) is 33.1 Å². The Morgan fingerprint density at radius 1 is 1.63 bits per heavy atom. The standard InChI is InChI=1S/C10H12ClFN2O5/c1-9(11)6(17)10(12,4-15)19-7(9)14-3-2-5(16)13-8(14)18/h2-3,6-7,15,17H,4H2,1H3,(H,13,16,18). The van der Waals surface area contributed by atoms with Gasteiger partial charge in [-0.2, -0.15) is 0 Å². The summed E-state index contributed by atoms with van der Waals surface area (Å²) in [4.78, 5) is 22.8. The maximum atomic E-state index is 14.1. The molecule has 1 aliphatic rings. The van der Waals surface area contributed by atoms with Crippen LogP contribution in [0.4, 0.5) is 4.39 Å². The number of aromatic amines is 1. The Hall–Kier alpha value is -1.22. The zero-order valence-electron chi connectivity index (χ0n) is 9.84. The van der Waals surface area contributed by atoms with Gasteiger partial charge in [0.15, 0.2) is 6.23 Å². The van der Waals surface area contributed by atoms with E-state index in [0.29, 0.717) is 0 Å². The molecule has 0 spiro atoms. The Labute approximate surface area is 111 Å². The monoisotopic (exact) mass is 294 g/mol. The average Bonchev–Trinajstić information content (AvgIpc) is 2.51. The molecule has 9 heteroatoms. The molecule has 0 aliphatic carbocycles. The molecule has 106 valence electrons. The van der Waals surface area contributed by atoms with Crippen LogP contribution < -0.4 is 11.2 Å². The molecule has 0 saturated carbocycles. The van der Waals surface area contributed by atoms with E-state index in [9.17, 15) is 19.1 Å². The van der Waals surface area contributed by atoms with Gasteiger partial charge in [0, 0.05) is 12.3 Å². The number of nitrogens with zero attached hydrogens (tertiary/aromatic N) is 1. The van der Waals surface area contributed by atoms with Gasteiger partial charge in [0.2, 0.25) is 0 Å². The second-order valence-corrected chi connectivity index (χ2v) is 5.30. The van der Waals surface area contributed by atoms with Gasteiger partial charge in [-0.25, -0.2) is 9.18 Å². The minimum absolute atomic E-state index is 0.634. The van der Waals surface area contributed by atoms with Crippen molar-refractivity contribution < 1.29 is 19.3 Å². The molecule has 0 amide bonds. The van der Waals surface area contributed by atoms with E-state index in [1.165, 1.54) is 6.92 Å². The molecule has 7 nitrogen and oxygen atoms in total. The minimum Gasteiger partial charge on any atom is -0.390 e. The molecule has 0 aromatic carbocycles. The lowest BCUT2D eigenvalue weighted by molar-refractivity contribution is -0.207. The predicted octanol–water partition coefficient (Wildman–Crippen LogP) is -0.918. The van der Waals surface area contributed by atoms with Gasteiger partial charge in [0.25, 0.3) is 11.4 Å². The van der Waals surface area contributed by atoms with Crippen molar-refractivity contribution >= 4 is 11.6 Å². The highest BCUT2D eigenvalue weighted by atomic mass is 35.5. The number of hydrogen-bond donors (Lipinski definition) is 3. The number of H-pyrrole nitrogens is 1. The zero-order chi connectivity index (χ0) is 14.4. The van der Waals surface area contributed by atoms with E-state index in [0.717, 1.165) is 16.8 Å². The number of aliphatic hydroxyl groups is 2. The summed E-state index contributed by atoms with van der Waals surface area (Å²) in [6.45, 7) is 0.142. The van der Waals surface area contributed by atoms with E-state index >= 15 is 0 Å². The van der Waals surface area contributed by atoms with E-state index in [2.05, 4.69) is 0 Å². The summed E-state index contributed by atoms with van der Waals surface area (Å²) >= 11 is 6.02. The Kier molecular flexibility index (Phi) is 3.29. The molecule has 19 heavy (non-hydrogen) atoms. The molecule has 2 heterocycles. The summed E-state index contributed by atoms with van der Waals surface area (Å²) in [6, 6.07) is 1.03. The summed E-state index contributed by atoms with van der Waals surface area (Å²) in [7, 11) is 0. The number of rotatable bonds is 2. The van der Waals surface area contributed by atoms with Crippen molar-refractivity contribution in [3.63, 3.8) is 0 Å². The molecule has 3 N–H and O–H groups in total. The molecular formula is C10H12ClFN2O5. The molecule has 1 fully saturated rings. The van der Waals surface area contributed by atoms with Gasteiger partial charge in [-0.05, 0) is 6.92 Å². The van der Waals surface area contributed by atoms with Gasteiger partial charge >= 0.3 is 5.69 Å². The Balaban J connectivity index is 2.51. The molecule has 1 saturated heterocycles. The van der Waals surface area contributed by atoms with Crippen molar-refractivity contribution in [2.24, 2.45) is 0 Å². The highest BCUT2D eigenvalue weighted by molar-refractivity contribution is 6.24. The zero-order valence-corrected chi connectivity index (χ0v) is 10.6. The lowest BCUT2D eigenvalue weighted by Gasteiger charge is -2.26. The third-order valence-electron chi connectivity index (χ3n) is 3.05. The number of ether oxygens (including phenoxy) is 1. The van der Waals surface area contributed by atoms with Crippen molar-refractivity contribution in [3.8, 4) is 0 Å². The number of aliphatic hydroxyl groups excluding tert-OH is 2. The third-order valence-corrected chi connectivity index (χ3v) is 3.45. The van der Waals surface area contributed by atoms with Crippen molar-refractivity contribution in [1.29, 1.82) is 0 Å². The van der Waals surface area contributed by atoms with E-state index in [4.69, 9.17) is 21.4 Å². The second kappa shape index (κ2) is 4.41. The van der Waals surface area contributed by atoms with E-state index < -0.39 is 40.9 Å². The number of halogens is 2. The number of hydrogen-bond acceptors (Lipinski definition) is 5. The van der Waals surface area contributed by atoms with Crippen LogP contribution in [-0.4, -0.2) is 43.2 Å². The average molecular weight is 295 g/mol. The van der Waals surface area contributed by atoms with Gasteiger partial charge in [0.1, 0.15) is 17.6 Å². The molecule has 1 aromatic heterocycles. The van der Waals surface area contributed by atoms with Gasteiger partial charge in [-0.15, -0.1) is 11.6 Å². The summed E-state index contributed by atoms with van der Waals surface area (Å²) in [5, 5.41) is 18.7. The van der Waals surface area contributed by atoms with Crippen LogP contribution in [0.2, 0.25) is 0 Å². The Morgan fingerprint density at radius 3 is 2.74 bits per heavy atom. The molecule has 4 unspecified atom stereocenters. The SMILES string of the molecule is CC1(Cl)C(n2ccc(=O)[nH]c2=O)OC(F)(CO)C1O. The highest BCUT2D eigenvalue weighted by Gasteiger charge is 2.62. The van der Waals surface area contributed by atoms with Crippen molar-refractivity contribution in [1.82, 2.24) is 9.55 Å². The Bertz CT molecular complexity index is 600. The van der Waals surface area contributed by atoms with Crippen LogP contribution in [0.15, 0.2) is 21.9 Å². The smallest absolute Gasteiger partial charge is 0.330 e. The van der Waals surface area contributed by atoms with Crippen LogP contribution in [0.1, 0.15) is 13.2 Å². The quantitative estimate of drug-likeness (QED) is 0.612. The second-order valence-electron chi connectivity index (χ2n) is 4.49. The molecule has 2 rings (SSSR count). The topological polar surface area (TPSA) is 105 Å². The van der Waals surface area contributed by atoms with Gasteiger partial charge in [-0.3, -0.25) is 14.3 Å². The number of aromatic nitrogens is 2. The van der Waals surface area contributed by atoms with Gasteiger partial charge in [0.05, 0.1) is 0 Å². The third kappa shape index (κ3) is 2.10. The van der Waals surface area contributed by atoms with Crippen LogP contribution in [0.5, 0.6) is 0 Å². The first kappa shape index (κ1) is 14.2. The molecule has 0 radical (unpaired) electrons. The van der Waals surface area contributed by atoms with Crippen molar-refractivity contribution in [2.75, 3.05) is 6.61 Å². The summed E-state index contributed by atoms with van der Waals surface area (Å²) in [5.41, 5.74) is -1.50. The van der Waals surface area contributed by atoms with E-state index in [-0.39, 0.29) is 0 Å². The molecule has 0 bridgehead atoms. The minimum atomic E-state index is -2.78. The van der Waals surface area contributed by atoms with Crippen LogP contribution in [0.25, 0.3) is 0 Å². The summed E-state index contributed by atoms with van der Waals surface area (Å²) < 4.78 is 19.8. The number of alkyl halides is 2. The van der Waals surface area contributed by atoms with Gasteiger partial charge < -0.3 is 14.9 Å². The lowest BCUT2D eigenvalue weighted by Crippen LogP contribution is -2.46. The van der Waals surface area contributed by atoms with Crippen LogP contribution in [-0.2, 0) is 4.74 Å². The normalized spacial score (nSPS) is 38.6. The fourth-order valence-electron chi connectivity index (χ4n) is 1.99. The number of nitrogens with one attached hydrogen (secondary N) is 1. The fourth-order valence-corrected chi connectivity index (χ4v) is 2.30. The lowest BCUT2D eigenvalue weighted by atomic mass is 10.00. The van der Waals surface area contributed by atoms with Crippen LogP contribution >= 0.6 is 11.6 Å². The van der Waals surface area contributed by atoms with E-state index in [1.54, 1.807) is 0 Å². The molecule has 4 atom stereocenters. The van der Waals surface area contributed by atoms with Crippen molar-refractivity contribution in [2.45, 2.75) is 30.0 Å². The predicted molar refractivity (Wildman–Crippen MR) is 62.6 cm³/mol. The fraction of sp³-hybridized carbons (Fsp3) is 0.600. The first-order chi connectivity index (χ1) is 8.72. The summed E-state index contributed by atoms with van der Waals surface area (Å²) in [5.74, 6) is -2.78. The van der Waals surface area contributed by atoms with Gasteiger partial charge in [-0.1, -0.05) is 0 Å². The molecule has 1 aromatic rings. The first-order valence-corrected chi connectivity index (χ1v) is 5.76. The molecule has 1 aliphatic heterocycles. The first-order valence-electron chi connectivity index (χ1n) is 5.38. The van der Waals surface area contributed by atoms with Crippen LogP contribution in [0.3, 0.4) is 0 Å². The Morgan fingerprint density at radius 2 is 2.26 bits per heavy atom. The maximum absolute atomic E-state index is 14.1. The molecular weight excluding hydrogens is 283 g/mol. The largest absolute Gasteiger partial charge is 0.390 e. The summed E-state index contributed by atoms with van der Waals surface area (Å²) in [6.07, 6.45) is -2.16.